The first kappa shape index (κ1) is 29.0. The lowest BCUT2D eigenvalue weighted by Crippen LogP contribution is -2.50. The number of benzene rings is 1. The molecule has 3 aliphatic rings. The molecule has 10 nitrogen and oxygen atoms in total. The van der Waals surface area contributed by atoms with E-state index in [4.69, 9.17) is 9.47 Å². The van der Waals surface area contributed by atoms with E-state index in [1.165, 1.54) is 0 Å². The smallest absolute Gasteiger partial charge is 0.410 e. The van der Waals surface area contributed by atoms with Gasteiger partial charge in [-0.1, -0.05) is 12.1 Å². The highest BCUT2D eigenvalue weighted by atomic mass is 16.6. The van der Waals surface area contributed by atoms with Gasteiger partial charge in [-0.2, -0.15) is 0 Å². The van der Waals surface area contributed by atoms with E-state index in [2.05, 4.69) is 9.97 Å². The van der Waals surface area contributed by atoms with Crippen molar-refractivity contribution in [3.63, 3.8) is 0 Å². The summed E-state index contributed by atoms with van der Waals surface area (Å²) < 4.78 is 10.9. The minimum atomic E-state index is -0.531. The number of rotatable bonds is 7. The Bertz CT molecular complexity index is 1230. The van der Waals surface area contributed by atoms with Crippen LogP contribution in [0.15, 0.2) is 36.7 Å². The minimum absolute atomic E-state index is 0.0255. The molecule has 10 heteroatoms. The van der Waals surface area contributed by atoms with Crippen LogP contribution in [0.2, 0.25) is 0 Å². The monoisotopic (exact) mass is 563 g/mol. The van der Waals surface area contributed by atoms with Crippen LogP contribution in [0.1, 0.15) is 73.6 Å². The van der Waals surface area contributed by atoms with E-state index < -0.39 is 5.60 Å². The quantitative estimate of drug-likeness (QED) is 0.496. The highest BCUT2D eigenvalue weighted by Crippen LogP contribution is 2.33. The van der Waals surface area contributed by atoms with E-state index in [1.807, 2.05) is 44.9 Å². The molecule has 2 saturated heterocycles. The summed E-state index contributed by atoms with van der Waals surface area (Å²) >= 11 is 0. The zero-order chi connectivity index (χ0) is 29.1. The number of carbonyl (C=O) groups is 3. The molecular weight excluding hydrogens is 522 g/mol. The molecule has 1 aromatic heterocycles. The summed E-state index contributed by atoms with van der Waals surface area (Å²) in [5.41, 5.74) is 1.32. The molecule has 1 unspecified atom stereocenters. The summed E-state index contributed by atoms with van der Waals surface area (Å²) in [4.78, 5) is 53.3. The maximum absolute atomic E-state index is 13.6. The molecule has 3 fully saturated rings. The summed E-state index contributed by atoms with van der Waals surface area (Å²) in [6, 6.07) is 7.56. The number of likely N-dealkylation sites (tertiary alicyclic amines) is 1. The third-order valence-electron chi connectivity index (χ3n) is 7.88. The van der Waals surface area contributed by atoms with Gasteiger partial charge in [0.05, 0.1) is 12.2 Å². The topological polar surface area (TPSA) is 105 Å². The zero-order valence-electron chi connectivity index (χ0n) is 24.5. The Hall–Kier alpha value is -3.53. The maximum atomic E-state index is 13.6. The molecule has 41 heavy (non-hydrogen) atoms. The van der Waals surface area contributed by atoms with E-state index in [9.17, 15) is 14.4 Å². The normalized spacial score (nSPS) is 19.6. The Morgan fingerprint density at radius 2 is 1.56 bits per heavy atom. The van der Waals surface area contributed by atoms with Crippen molar-refractivity contribution in [2.75, 3.05) is 39.9 Å². The first-order valence-electron chi connectivity index (χ1n) is 14.7. The average molecular weight is 564 g/mol. The first-order chi connectivity index (χ1) is 19.6. The van der Waals surface area contributed by atoms with Gasteiger partial charge in [0.1, 0.15) is 5.60 Å². The number of hydrogen-bond donors (Lipinski definition) is 0. The molecular formula is C31H41N5O5. The molecule has 0 N–H and O–H groups in total. The molecule has 1 aliphatic carbocycles. The van der Waals surface area contributed by atoms with Crippen LogP contribution in [0.25, 0.3) is 11.4 Å². The predicted molar refractivity (Wildman–Crippen MR) is 153 cm³/mol. The van der Waals surface area contributed by atoms with Gasteiger partial charge in [0.25, 0.3) is 11.8 Å². The molecule has 5 rings (SSSR count). The molecule has 0 spiro atoms. The van der Waals surface area contributed by atoms with Crippen LogP contribution in [0.3, 0.4) is 0 Å². The van der Waals surface area contributed by atoms with Crippen molar-refractivity contribution in [2.45, 2.75) is 70.6 Å². The molecule has 2 aromatic rings. The van der Waals surface area contributed by atoms with Gasteiger partial charge in [-0.25, -0.2) is 14.8 Å². The van der Waals surface area contributed by atoms with Crippen molar-refractivity contribution in [3.8, 4) is 11.4 Å². The summed E-state index contributed by atoms with van der Waals surface area (Å²) in [5.74, 6) is 0.799. The van der Waals surface area contributed by atoms with Crippen molar-refractivity contribution in [1.82, 2.24) is 24.7 Å². The highest BCUT2D eigenvalue weighted by molar-refractivity contribution is 5.95. The average Bonchev–Trinajstić information content (AvgIpc) is 3.66. The van der Waals surface area contributed by atoms with Crippen molar-refractivity contribution in [1.29, 1.82) is 0 Å². The van der Waals surface area contributed by atoms with Crippen molar-refractivity contribution < 1.29 is 23.9 Å². The van der Waals surface area contributed by atoms with Gasteiger partial charge >= 0.3 is 6.09 Å². The van der Waals surface area contributed by atoms with Crippen LogP contribution < -0.4 is 0 Å². The number of aromatic nitrogens is 2. The number of ether oxygens (including phenoxy) is 2. The lowest BCUT2D eigenvalue weighted by atomic mass is 10.0. The molecule has 1 aromatic carbocycles. The Kier molecular flexibility index (Phi) is 8.58. The third kappa shape index (κ3) is 7.22. The van der Waals surface area contributed by atoms with Gasteiger partial charge in [-0.15, -0.1) is 0 Å². The first-order valence-corrected chi connectivity index (χ1v) is 14.7. The summed E-state index contributed by atoms with van der Waals surface area (Å²) in [6.45, 7) is 8.87. The standard InChI is InChI=1S/C31H41N5O5/c1-31(2,3)41-30(39)35-14-11-26(12-15-35)36(25-9-10-25)29(38)24-17-32-27(33-18-24)22-5-7-23(8-6-22)28(37)34(4)19-21-13-16-40-20-21/h5-8,17-18,21,25-26H,9-16,19-20H2,1-4H3. The van der Waals surface area contributed by atoms with E-state index in [1.54, 1.807) is 34.3 Å². The maximum Gasteiger partial charge on any atom is 0.410 e. The molecule has 3 heterocycles. The third-order valence-corrected chi connectivity index (χ3v) is 7.88. The van der Waals surface area contributed by atoms with Crippen LogP contribution in [-0.4, -0.2) is 100 Å². The largest absolute Gasteiger partial charge is 0.444 e. The molecule has 1 saturated carbocycles. The molecule has 2 aliphatic heterocycles. The molecule has 220 valence electrons. The van der Waals surface area contributed by atoms with Gasteiger partial charge in [0, 0.05) is 74.8 Å². The van der Waals surface area contributed by atoms with Crippen molar-refractivity contribution in [3.05, 3.63) is 47.8 Å². The molecule has 0 bridgehead atoms. The molecule has 1 atom stereocenters. The fourth-order valence-electron chi connectivity index (χ4n) is 5.55. The van der Waals surface area contributed by atoms with E-state index in [0.717, 1.165) is 44.3 Å². The zero-order valence-corrected chi connectivity index (χ0v) is 24.5. The summed E-state index contributed by atoms with van der Waals surface area (Å²) in [5, 5.41) is 0. The summed E-state index contributed by atoms with van der Waals surface area (Å²) in [7, 11) is 1.82. The lowest BCUT2D eigenvalue weighted by molar-refractivity contribution is 0.0142. The summed E-state index contributed by atoms with van der Waals surface area (Å²) in [6.07, 6.45) is 7.28. The predicted octanol–water partition coefficient (Wildman–Crippen LogP) is 4.26. The van der Waals surface area contributed by atoms with Gasteiger partial charge in [-0.3, -0.25) is 9.59 Å². The van der Waals surface area contributed by atoms with Gasteiger partial charge in [0.2, 0.25) is 0 Å². The van der Waals surface area contributed by atoms with Crippen molar-refractivity contribution >= 4 is 17.9 Å². The molecule has 3 amide bonds. The number of nitrogens with zero attached hydrogens (tertiary/aromatic N) is 5. The highest BCUT2D eigenvalue weighted by Gasteiger charge is 2.40. The van der Waals surface area contributed by atoms with E-state index in [0.29, 0.717) is 49.1 Å². The minimum Gasteiger partial charge on any atom is -0.444 e. The van der Waals surface area contributed by atoms with Crippen LogP contribution in [0.4, 0.5) is 4.79 Å². The number of carbonyl (C=O) groups excluding carboxylic acids is 3. The fourth-order valence-corrected chi connectivity index (χ4v) is 5.55. The SMILES string of the molecule is CN(CC1CCOC1)C(=O)c1ccc(-c2ncc(C(=O)N(C3CC3)C3CCN(C(=O)OC(C)(C)C)CC3)cn2)cc1. The van der Waals surface area contributed by atoms with E-state index in [-0.39, 0.29) is 30.0 Å². The second-order valence-electron chi connectivity index (χ2n) is 12.4. The Balaban J connectivity index is 1.19. The number of hydrogen-bond acceptors (Lipinski definition) is 7. The Morgan fingerprint density at radius 3 is 2.12 bits per heavy atom. The van der Waals surface area contributed by atoms with Crippen LogP contribution in [0.5, 0.6) is 0 Å². The van der Waals surface area contributed by atoms with Gasteiger partial charge in [-0.05, 0) is 65.0 Å². The van der Waals surface area contributed by atoms with Crippen LogP contribution in [0, 0.1) is 5.92 Å². The van der Waals surface area contributed by atoms with Crippen LogP contribution in [-0.2, 0) is 9.47 Å². The van der Waals surface area contributed by atoms with Gasteiger partial charge in [0.15, 0.2) is 5.82 Å². The molecule has 0 radical (unpaired) electrons. The fraction of sp³-hybridized carbons (Fsp3) is 0.581. The van der Waals surface area contributed by atoms with Gasteiger partial charge < -0.3 is 24.2 Å². The Morgan fingerprint density at radius 1 is 0.927 bits per heavy atom. The second-order valence-corrected chi connectivity index (χ2v) is 12.4. The van der Waals surface area contributed by atoms with Crippen molar-refractivity contribution in [2.24, 2.45) is 5.92 Å². The number of piperidine rings is 1. The second kappa shape index (κ2) is 12.1. The lowest BCUT2D eigenvalue weighted by Gasteiger charge is -2.39. The number of amides is 3. The Labute approximate surface area is 242 Å². The van der Waals surface area contributed by atoms with E-state index >= 15 is 0 Å². The van der Waals surface area contributed by atoms with Crippen LogP contribution >= 0.6 is 0 Å².